The fourth-order valence-electron chi connectivity index (χ4n) is 1.91. The third-order valence-electron chi connectivity index (χ3n) is 3.33. The van der Waals surface area contributed by atoms with Crippen molar-refractivity contribution in [3.05, 3.63) is 54.4 Å². The molecule has 0 N–H and O–H groups in total. The molecule has 0 saturated carbocycles. The van der Waals surface area contributed by atoms with Gasteiger partial charge in [0.2, 0.25) is 0 Å². The van der Waals surface area contributed by atoms with Gasteiger partial charge < -0.3 is 4.74 Å². The van der Waals surface area contributed by atoms with E-state index in [1.165, 1.54) is 11.0 Å². The van der Waals surface area contributed by atoms with Gasteiger partial charge in [0.15, 0.2) is 0 Å². The molecule has 0 saturated heterocycles. The molecular formula is C16H15ClN2OS. The van der Waals surface area contributed by atoms with Gasteiger partial charge in [-0.2, -0.15) is 5.26 Å². The molecule has 1 aromatic heterocycles. The van der Waals surface area contributed by atoms with Crippen LogP contribution in [0, 0.1) is 11.3 Å². The summed E-state index contributed by atoms with van der Waals surface area (Å²) < 4.78 is 5.70. The van der Waals surface area contributed by atoms with E-state index in [9.17, 15) is 5.26 Å². The van der Waals surface area contributed by atoms with Crippen LogP contribution in [0.25, 0.3) is 0 Å². The Bertz CT molecular complexity index is 612. The Labute approximate surface area is 133 Å². The number of rotatable bonds is 6. The molecule has 5 heteroatoms. The van der Waals surface area contributed by atoms with Crippen molar-refractivity contribution in [2.45, 2.75) is 23.7 Å². The van der Waals surface area contributed by atoms with Gasteiger partial charge in [-0.1, -0.05) is 6.07 Å². The molecule has 1 atom stereocenters. The van der Waals surface area contributed by atoms with Gasteiger partial charge in [-0.25, -0.2) is 0 Å². The van der Waals surface area contributed by atoms with Crippen molar-refractivity contribution in [2.24, 2.45) is 0 Å². The molecule has 1 aromatic carbocycles. The second-order valence-corrected chi connectivity index (χ2v) is 5.92. The van der Waals surface area contributed by atoms with Gasteiger partial charge in [0, 0.05) is 23.7 Å². The maximum absolute atomic E-state index is 9.45. The van der Waals surface area contributed by atoms with Gasteiger partial charge >= 0.3 is 0 Å². The SMILES string of the molecule is CC(C#N)(CCOc1ccc(SCl)cc1)c1cccnc1. The van der Waals surface area contributed by atoms with Crippen molar-refractivity contribution in [1.82, 2.24) is 4.98 Å². The third kappa shape index (κ3) is 4.13. The van der Waals surface area contributed by atoms with Gasteiger partial charge in [-0.15, -0.1) is 0 Å². The predicted octanol–water partition coefficient (Wildman–Crippen LogP) is 4.58. The van der Waals surface area contributed by atoms with Gasteiger partial charge in [-0.05, 0) is 64.5 Å². The maximum Gasteiger partial charge on any atom is 0.119 e. The maximum atomic E-state index is 9.45. The van der Waals surface area contributed by atoms with Gasteiger partial charge in [0.25, 0.3) is 0 Å². The highest BCUT2D eigenvalue weighted by atomic mass is 35.7. The van der Waals surface area contributed by atoms with Crippen LogP contribution in [0.2, 0.25) is 0 Å². The minimum Gasteiger partial charge on any atom is -0.494 e. The summed E-state index contributed by atoms with van der Waals surface area (Å²) in [6.07, 6.45) is 4.03. The Morgan fingerprint density at radius 1 is 1.33 bits per heavy atom. The minimum absolute atomic E-state index is 0.465. The monoisotopic (exact) mass is 318 g/mol. The molecule has 0 aliphatic rings. The van der Waals surface area contributed by atoms with Crippen LogP contribution >= 0.6 is 21.7 Å². The summed E-state index contributed by atoms with van der Waals surface area (Å²) in [5, 5.41) is 9.45. The highest BCUT2D eigenvalue weighted by molar-refractivity contribution is 8.21. The Morgan fingerprint density at radius 3 is 2.67 bits per heavy atom. The van der Waals surface area contributed by atoms with Crippen molar-refractivity contribution >= 4 is 21.7 Å². The predicted molar refractivity (Wildman–Crippen MR) is 85.5 cm³/mol. The van der Waals surface area contributed by atoms with Gasteiger partial charge in [0.1, 0.15) is 5.75 Å². The standard InChI is InChI=1S/C16H15ClN2OS/c1-16(12-18,13-3-2-9-19-11-13)8-10-20-14-4-6-15(21-17)7-5-14/h2-7,9,11H,8,10H2,1H3. The molecular weight excluding hydrogens is 304 g/mol. The molecule has 2 aromatic rings. The van der Waals surface area contributed by atoms with Crippen LogP contribution in [0.4, 0.5) is 0 Å². The number of aromatic nitrogens is 1. The number of nitriles is 1. The van der Waals surface area contributed by atoms with E-state index in [4.69, 9.17) is 15.4 Å². The molecule has 21 heavy (non-hydrogen) atoms. The molecule has 0 amide bonds. The first-order chi connectivity index (χ1) is 10.2. The highest BCUT2D eigenvalue weighted by Crippen LogP contribution is 2.27. The van der Waals surface area contributed by atoms with Crippen LogP contribution in [0.5, 0.6) is 5.75 Å². The summed E-state index contributed by atoms with van der Waals surface area (Å²) in [5.41, 5.74) is 0.310. The fraction of sp³-hybridized carbons (Fsp3) is 0.250. The zero-order chi connectivity index (χ0) is 15.1. The van der Waals surface area contributed by atoms with Gasteiger partial charge in [-0.3, -0.25) is 4.98 Å². The number of nitrogens with zero attached hydrogens (tertiary/aromatic N) is 2. The van der Waals surface area contributed by atoms with E-state index in [-0.39, 0.29) is 0 Å². The average Bonchev–Trinajstić information content (AvgIpc) is 2.56. The van der Waals surface area contributed by atoms with Crippen molar-refractivity contribution in [2.75, 3.05) is 6.61 Å². The van der Waals surface area contributed by atoms with E-state index in [2.05, 4.69) is 11.1 Å². The zero-order valence-electron chi connectivity index (χ0n) is 11.6. The molecule has 0 fully saturated rings. The van der Waals surface area contributed by atoms with Crippen LogP contribution in [0.3, 0.4) is 0 Å². The largest absolute Gasteiger partial charge is 0.494 e. The average molecular weight is 319 g/mol. The highest BCUT2D eigenvalue weighted by Gasteiger charge is 2.26. The summed E-state index contributed by atoms with van der Waals surface area (Å²) in [5.74, 6) is 0.774. The Hall–Kier alpha value is -1.70. The van der Waals surface area contributed by atoms with Crippen molar-refractivity contribution in [3.8, 4) is 11.8 Å². The zero-order valence-corrected chi connectivity index (χ0v) is 13.2. The molecule has 1 heterocycles. The number of benzene rings is 1. The second-order valence-electron chi connectivity index (χ2n) is 4.83. The molecule has 0 bridgehead atoms. The Morgan fingerprint density at radius 2 is 2.10 bits per heavy atom. The van der Waals surface area contributed by atoms with Crippen LogP contribution in [0.1, 0.15) is 18.9 Å². The third-order valence-corrected chi connectivity index (χ3v) is 4.31. The minimum atomic E-state index is -0.597. The lowest BCUT2D eigenvalue weighted by Gasteiger charge is -2.21. The van der Waals surface area contributed by atoms with Crippen LogP contribution in [0.15, 0.2) is 53.7 Å². The van der Waals surface area contributed by atoms with Crippen molar-refractivity contribution < 1.29 is 4.74 Å². The molecule has 0 aliphatic carbocycles. The van der Waals surface area contributed by atoms with E-state index in [0.29, 0.717) is 13.0 Å². The first-order valence-electron chi connectivity index (χ1n) is 6.51. The quantitative estimate of drug-likeness (QED) is 0.782. The second kappa shape index (κ2) is 7.35. The molecule has 0 radical (unpaired) electrons. The van der Waals surface area contributed by atoms with Crippen molar-refractivity contribution in [1.29, 1.82) is 5.26 Å². The van der Waals surface area contributed by atoms with E-state index < -0.39 is 5.41 Å². The topological polar surface area (TPSA) is 45.9 Å². The number of halogens is 1. The molecule has 1 unspecified atom stereocenters. The Balaban J connectivity index is 1.96. The molecule has 3 nitrogen and oxygen atoms in total. The number of hydrogen-bond acceptors (Lipinski definition) is 4. The summed E-state index contributed by atoms with van der Waals surface area (Å²) >= 11 is 0. The summed E-state index contributed by atoms with van der Waals surface area (Å²) in [4.78, 5) is 5.05. The molecule has 2 rings (SSSR count). The van der Waals surface area contributed by atoms with E-state index in [1.54, 1.807) is 12.4 Å². The molecule has 0 spiro atoms. The smallest absolute Gasteiger partial charge is 0.119 e. The lowest BCUT2D eigenvalue weighted by molar-refractivity contribution is 0.285. The summed E-state index contributed by atoms with van der Waals surface area (Å²) in [7, 11) is 6.84. The first-order valence-corrected chi connectivity index (χ1v) is 8.15. The number of pyridine rings is 1. The van der Waals surface area contributed by atoms with E-state index in [0.717, 1.165) is 16.2 Å². The first kappa shape index (κ1) is 15.7. The molecule has 108 valence electrons. The fourth-order valence-corrected chi connectivity index (χ4v) is 2.46. The number of hydrogen-bond donors (Lipinski definition) is 0. The normalized spacial score (nSPS) is 13.2. The number of ether oxygens (including phenoxy) is 1. The summed E-state index contributed by atoms with van der Waals surface area (Å²) in [6, 6.07) is 13.7. The van der Waals surface area contributed by atoms with Crippen LogP contribution < -0.4 is 4.74 Å². The lowest BCUT2D eigenvalue weighted by Crippen LogP contribution is -2.22. The molecule has 0 aliphatic heterocycles. The summed E-state index contributed by atoms with van der Waals surface area (Å²) in [6.45, 7) is 2.37. The van der Waals surface area contributed by atoms with E-state index in [1.807, 2.05) is 43.3 Å². The van der Waals surface area contributed by atoms with Crippen LogP contribution in [-0.4, -0.2) is 11.6 Å². The Kier molecular flexibility index (Phi) is 5.49. The van der Waals surface area contributed by atoms with Gasteiger partial charge in [0.05, 0.1) is 18.1 Å². The van der Waals surface area contributed by atoms with Crippen molar-refractivity contribution in [3.63, 3.8) is 0 Å². The lowest BCUT2D eigenvalue weighted by atomic mass is 9.82. The van der Waals surface area contributed by atoms with E-state index >= 15 is 0 Å². The van der Waals surface area contributed by atoms with Crippen LogP contribution in [-0.2, 0) is 5.41 Å².